The molecule has 1 atom stereocenters. The first-order valence-electron chi connectivity index (χ1n) is 29.9. The van der Waals surface area contributed by atoms with Crippen molar-refractivity contribution in [2.45, 2.75) is 303 Å². The predicted octanol–water partition coefficient (Wildman–Crippen LogP) is 20.2. The maximum Gasteiger partial charge on any atom is 0.306 e. The molecule has 70 heavy (non-hydrogen) atoms. The molecule has 404 valence electrons. The average Bonchev–Trinajstić information content (AvgIpc) is 3.36. The number of carbonyl (C=O) groups excluding carboxylic acids is 3. The lowest BCUT2D eigenvalue weighted by molar-refractivity contribution is -0.167. The Morgan fingerprint density at radius 3 is 0.914 bits per heavy atom. The smallest absolute Gasteiger partial charge is 0.306 e. The molecular formula is C64H112O6. The molecule has 1 unspecified atom stereocenters. The first-order valence-corrected chi connectivity index (χ1v) is 29.9. The minimum absolute atomic E-state index is 0.0880. The summed E-state index contributed by atoms with van der Waals surface area (Å²) >= 11 is 0. The van der Waals surface area contributed by atoms with Crippen molar-refractivity contribution in [1.29, 1.82) is 0 Å². The van der Waals surface area contributed by atoms with Crippen LogP contribution in [0.5, 0.6) is 0 Å². The van der Waals surface area contributed by atoms with Crippen LogP contribution in [0.2, 0.25) is 0 Å². The van der Waals surface area contributed by atoms with Gasteiger partial charge in [0.15, 0.2) is 6.10 Å². The van der Waals surface area contributed by atoms with Crippen LogP contribution in [-0.2, 0) is 28.6 Å². The molecule has 0 saturated heterocycles. The van der Waals surface area contributed by atoms with Gasteiger partial charge in [-0.25, -0.2) is 0 Å². The lowest BCUT2D eigenvalue weighted by Gasteiger charge is -2.18. The Labute approximate surface area is 433 Å². The predicted molar refractivity (Wildman–Crippen MR) is 302 cm³/mol. The molecule has 0 fully saturated rings. The van der Waals surface area contributed by atoms with Crippen LogP contribution < -0.4 is 0 Å². The van der Waals surface area contributed by atoms with Gasteiger partial charge in [0.2, 0.25) is 0 Å². The second-order valence-electron chi connectivity index (χ2n) is 19.9. The molecule has 0 aromatic heterocycles. The van der Waals surface area contributed by atoms with Crippen molar-refractivity contribution in [2.24, 2.45) is 0 Å². The first-order chi connectivity index (χ1) is 34.5. The Bertz CT molecular complexity index is 1310. The van der Waals surface area contributed by atoms with Gasteiger partial charge in [-0.3, -0.25) is 14.4 Å². The van der Waals surface area contributed by atoms with E-state index in [0.29, 0.717) is 19.3 Å². The molecule has 0 amide bonds. The molecule has 0 rings (SSSR count). The normalized spacial score (nSPS) is 12.6. The summed E-state index contributed by atoms with van der Waals surface area (Å²) in [5.74, 6) is -0.920. The number of ether oxygens (including phenoxy) is 3. The van der Waals surface area contributed by atoms with Crippen LogP contribution in [0.25, 0.3) is 0 Å². The van der Waals surface area contributed by atoms with E-state index in [4.69, 9.17) is 14.2 Å². The largest absolute Gasteiger partial charge is 0.462 e. The van der Waals surface area contributed by atoms with E-state index >= 15 is 0 Å². The fourth-order valence-electron chi connectivity index (χ4n) is 8.47. The summed E-state index contributed by atoms with van der Waals surface area (Å²) in [6.07, 6.45) is 74.7. The maximum atomic E-state index is 12.9. The van der Waals surface area contributed by atoms with Gasteiger partial charge >= 0.3 is 17.9 Å². The van der Waals surface area contributed by atoms with E-state index in [1.54, 1.807) is 0 Å². The number of esters is 3. The average molecular weight is 978 g/mol. The molecule has 6 nitrogen and oxygen atoms in total. The first kappa shape index (κ1) is 66.9. The van der Waals surface area contributed by atoms with Gasteiger partial charge in [-0.1, -0.05) is 261 Å². The van der Waals surface area contributed by atoms with Gasteiger partial charge in [0.1, 0.15) is 13.2 Å². The van der Waals surface area contributed by atoms with Crippen LogP contribution in [0.1, 0.15) is 297 Å². The zero-order valence-corrected chi connectivity index (χ0v) is 46.3. The minimum atomic E-state index is -0.794. The molecule has 0 bridgehead atoms. The molecule has 0 aliphatic rings. The lowest BCUT2D eigenvalue weighted by Crippen LogP contribution is -2.30. The zero-order chi connectivity index (χ0) is 50.7. The van der Waals surface area contributed by atoms with Crippen LogP contribution in [0, 0.1) is 0 Å². The van der Waals surface area contributed by atoms with Crippen molar-refractivity contribution in [3.63, 3.8) is 0 Å². The molecular weight excluding hydrogens is 865 g/mol. The van der Waals surface area contributed by atoms with Crippen LogP contribution in [0.15, 0.2) is 72.9 Å². The second-order valence-corrected chi connectivity index (χ2v) is 19.9. The number of hydrogen-bond donors (Lipinski definition) is 0. The maximum absolute atomic E-state index is 12.9. The lowest BCUT2D eigenvalue weighted by atomic mass is 10.0. The highest BCUT2D eigenvalue weighted by Crippen LogP contribution is 2.16. The Balaban J connectivity index is 4.37. The van der Waals surface area contributed by atoms with Crippen molar-refractivity contribution in [1.82, 2.24) is 0 Å². The van der Waals surface area contributed by atoms with Crippen LogP contribution in [0.4, 0.5) is 0 Å². The SMILES string of the molecule is CC/C=C\C/C=C\C/C=C\CCCCCC(=O)OCC(COC(=O)CCCCCCCCCCCCCCCCCCCCCC)OC(=O)CCCCCCCC/C=C\C/C=C\C/C=C\CCCCC. The summed E-state index contributed by atoms with van der Waals surface area (Å²) in [6, 6.07) is 0. The Kier molecular flexibility index (Phi) is 55.8. The third-order valence-corrected chi connectivity index (χ3v) is 12.9. The van der Waals surface area contributed by atoms with E-state index in [9.17, 15) is 14.4 Å². The van der Waals surface area contributed by atoms with Crippen molar-refractivity contribution < 1.29 is 28.6 Å². The molecule has 0 spiro atoms. The van der Waals surface area contributed by atoms with E-state index in [2.05, 4.69) is 93.7 Å². The second kappa shape index (κ2) is 58.4. The molecule has 0 aromatic rings. The zero-order valence-electron chi connectivity index (χ0n) is 46.3. The van der Waals surface area contributed by atoms with E-state index in [1.807, 2.05) is 0 Å². The van der Waals surface area contributed by atoms with E-state index in [0.717, 1.165) is 109 Å². The van der Waals surface area contributed by atoms with Gasteiger partial charge in [-0.15, -0.1) is 0 Å². The fourth-order valence-corrected chi connectivity index (χ4v) is 8.47. The fraction of sp³-hybridized carbons (Fsp3) is 0.766. The number of allylic oxidation sites excluding steroid dienone is 12. The van der Waals surface area contributed by atoms with Gasteiger partial charge in [-0.05, 0) is 89.9 Å². The summed E-state index contributed by atoms with van der Waals surface area (Å²) in [4.78, 5) is 38.2. The quantitative estimate of drug-likeness (QED) is 0.0261. The molecule has 0 aromatic carbocycles. The van der Waals surface area contributed by atoms with Gasteiger partial charge in [0.05, 0.1) is 0 Å². The summed E-state index contributed by atoms with van der Waals surface area (Å²) in [5, 5.41) is 0. The monoisotopic (exact) mass is 977 g/mol. The van der Waals surface area contributed by atoms with Crippen molar-refractivity contribution in [3.05, 3.63) is 72.9 Å². The van der Waals surface area contributed by atoms with Crippen LogP contribution >= 0.6 is 0 Å². The van der Waals surface area contributed by atoms with Gasteiger partial charge in [0.25, 0.3) is 0 Å². The summed E-state index contributed by atoms with van der Waals surface area (Å²) < 4.78 is 16.9. The highest BCUT2D eigenvalue weighted by atomic mass is 16.6. The molecule has 0 aliphatic carbocycles. The summed E-state index contributed by atoms with van der Waals surface area (Å²) in [6.45, 7) is 6.49. The van der Waals surface area contributed by atoms with E-state index in [1.165, 1.54) is 148 Å². The molecule has 0 N–H and O–H groups in total. The topological polar surface area (TPSA) is 78.9 Å². The third kappa shape index (κ3) is 55.8. The number of hydrogen-bond acceptors (Lipinski definition) is 6. The number of unbranched alkanes of at least 4 members (excludes halogenated alkanes) is 31. The minimum Gasteiger partial charge on any atom is -0.462 e. The molecule has 0 aliphatic heterocycles. The highest BCUT2D eigenvalue weighted by molar-refractivity contribution is 5.71. The van der Waals surface area contributed by atoms with Crippen molar-refractivity contribution in [3.8, 4) is 0 Å². The molecule has 0 radical (unpaired) electrons. The molecule has 0 heterocycles. The Hall–Kier alpha value is -3.15. The van der Waals surface area contributed by atoms with Crippen molar-refractivity contribution >= 4 is 17.9 Å². The standard InChI is InChI=1S/C64H112O6/c1-4-7-10-13-16-19-22-25-27-29-31-33-34-36-39-42-45-48-51-54-57-63(66)69-60-61(59-68-62(65)56-53-50-47-44-41-38-24-21-18-15-12-9-6-3)70-64(67)58-55-52-49-46-43-40-37-35-32-30-28-26-23-20-17-14-11-8-5-2/h9,12,17-18,20-21,26,28,32,35,38,41,61H,4-8,10-11,13-16,19,22-25,27,29-31,33-34,36-37,39-40,42-60H2,1-3H3/b12-9-,20-17-,21-18-,28-26-,35-32-,41-38-. The highest BCUT2D eigenvalue weighted by Gasteiger charge is 2.19. The van der Waals surface area contributed by atoms with Crippen LogP contribution in [-0.4, -0.2) is 37.2 Å². The van der Waals surface area contributed by atoms with Gasteiger partial charge in [-0.2, -0.15) is 0 Å². The van der Waals surface area contributed by atoms with E-state index in [-0.39, 0.29) is 31.1 Å². The van der Waals surface area contributed by atoms with Gasteiger partial charge < -0.3 is 14.2 Å². The number of carbonyl (C=O) groups is 3. The Morgan fingerprint density at radius 2 is 0.557 bits per heavy atom. The summed E-state index contributed by atoms with van der Waals surface area (Å²) in [5.41, 5.74) is 0. The van der Waals surface area contributed by atoms with E-state index < -0.39 is 6.10 Å². The van der Waals surface area contributed by atoms with Crippen molar-refractivity contribution in [2.75, 3.05) is 13.2 Å². The summed E-state index contributed by atoms with van der Waals surface area (Å²) in [7, 11) is 0. The molecule has 6 heteroatoms. The molecule has 0 saturated carbocycles. The Morgan fingerprint density at radius 1 is 0.300 bits per heavy atom. The van der Waals surface area contributed by atoms with Gasteiger partial charge in [0, 0.05) is 19.3 Å². The third-order valence-electron chi connectivity index (χ3n) is 12.9. The number of rotatable bonds is 54. The van der Waals surface area contributed by atoms with Crippen LogP contribution in [0.3, 0.4) is 0 Å².